The summed E-state index contributed by atoms with van der Waals surface area (Å²) in [5.74, 6) is 0.892. The van der Waals surface area contributed by atoms with Crippen LogP contribution >= 0.6 is 0 Å². The molecule has 2 fully saturated rings. The van der Waals surface area contributed by atoms with E-state index in [4.69, 9.17) is 4.74 Å². The van der Waals surface area contributed by atoms with E-state index in [0.717, 1.165) is 63.7 Å². The molecule has 0 aromatic heterocycles. The van der Waals surface area contributed by atoms with E-state index in [2.05, 4.69) is 19.9 Å². The monoisotopic (exact) mass is 361 g/mol. The van der Waals surface area contributed by atoms with Gasteiger partial charge in [0.1, 0.15) is 6.10 Å². The van der Waals surface area contributed by atoms with Crippen LogP contribution in [-0.2, 0) is 9.53 Å². The number of ether oxygens (including phenoxy) is 1. The van der Waals surface area contributed by atoms with Crippen molar-refractivity contribution in [1.29, 1.82) is 5.26 Å². The van der Waals surface area contributed by atoms with Crippen molar-refractivity contribution in [2.24, 2.45) is 17.3 Å². The minimum absolute atomic E-state index is 0.0152. The van der Waals surface area contributed by atoms with Gasteiger partial charge in [-0.25, -0.2) is 0 Å². The summed E-state index contributed by atoms with van der Waals surface area (Å²) >= 11 is 0. The van der Waals surface area contributed by atoms with Crippen molar-refractivity contribution in [3.63, 3.8) is 0 Å². The minimum atomic E-state index is -0.177. The Morgan fingerprint density at radius 1 is 1.00 bits per heavy atom. The third-order valence-electron chi connectivity index (χ3n) is 6.81. The molecule has 0 saturated heterocycles. The van der Waals surface area contributed by atoms with Crippen molar-refractivity contribution in [2.75, 3.05) is 0 Å². The molecule has 0 spiro atoms. The summed E-state index contributed by atoms with van der Waals surface area (Å²) in [5.41, 5.74) is -0.177. The number of rotatable bonds is 9. The molecule has 2 aliphatic rings. The first-order chi connectivity index (χ1) is 12.6. The molecule has 0 aromatic rings. The van der Waals surface area contributed by atoms with E-state index >= 15 is 0 Å². The molecule has 26 heavy (non-hydrogen) atoms. The van der Waals surface area contributed by atoms with Crippen molar-refractivity contribution in [2.45, 2.75) is 116 Å². The molecular formula is C23H39NO2. The molecule has 0 unspecified atom stereocenters. The minimum Gasteiger partial charge on any atom is -0.462 e. The highest BCUT2D eigenvalue weighted by Gasteiger charge is 2.38. The fourth-order valence-corrected chi connectivity index (χ4v) is 4.82. The summed E-state index contributed by atoms with van der Waals surface area (Å²) in [6.45, 7) is 4.43. The van der Waals surface area contributed by atoms with Gasteiger partial charge in [0.15, 0.2) is 0 Å². The normalized spacial score (nSPS) is 32.0. The zero-order valence-electron chi connectivity index (χ0n) is 17.1. The summed E-state index contributed by atoms with van der Waals surface area (Å²) in [7, 11) is 0. The van der Waals surface area contributed by atoms with Gasteiger partial charge in [0.25, 0.3) is 0 Å². The number of nitrogens with zero attached hydrogens (tertiary/aromatic N) is 1. The lowest BCUT2D eigenvalue weighted by molar-refractivity contribution is -0.157. The van der Waals surface area contributed by atoms with Gasteiger partial charge in [0, 0.05) is 0 Å². The lowest BCUT2D eigenvalue weighted by Crippen LogP contribution is -2.33. The fourth-order valence-electron chi connectivity index (χ4n) is 4.82. The fraction of sp³-hybridized carbons (Fsp3) is 0.913. The highest BCUT2D eigenvalue weighted by atomic mass is 16.5. The van der Waals surface area contributed by atoms with Gasteiger partial charge in [-0.2, -0.15) is 5.26 Å². The van der Waals surface area contributed by atoms with Gasteiger partial charge in [0.05, 0.1) is 17.4 Å². The van der Waals surface area contributed by atoms with E-state index in [1.165, 1.54) is 38.5 Å². The number of hydrogen-bond donors (Lipinski definition) is 0. The molecule has 3 nitrogen and oxygen atoms in total. The van der Waals surface area contributed by atoms with E-state index in [1.807, 2.05) is 0 Å². The Morgan fingerprint density at radius 3 is 2.23 bits per heavy atom. The van der Waals surface area contributed by atoms with Crippen LogP contribution in [0.1, 0.15) is 110 Å². The van der Waals surface area contributed by atoms with Crippen LogP contribution in [-0.4, -0.2) is 12.1 Å². The maximum Gasteiger partial charge on any atom is 0.309 e. The maximum absolute atomic E-state index is 12.6. The average Bonchev–Trinajstić information content (AvgIpc) is 2.68. The van der Waals surface area contributed by atoms with Crippen LogP contribution < -0.4 is 0 Å². The van der Waals surface area contributed by atoms with Crippen molar-refractivity contribution < 1.29 is 9.53 Å². The summed E-state index contributed by atoms with van der Waals surface area (Å²) in [4.78, 5) is 12.6. The molecule has 0 bridgehead atoms. The summed E-state index contributed by atoms with van der Waals surface area (Å²) in [6, 6.07) is 2.57. The van der Waals surface area contributed by atoms with Gasteiger partial charge < -0.3 is 4.74 Å². The Balaban J connectivity index is 1.69. The van der Waals surface area contributed by atoms with Crippen LogP contribution in [0.4, 0.5) is 0 Å². The largest absolute Gasteiger partial charge is 0.462 e. The van der Waals surface area contributed by atoms with Crippen molar-refractivity contribution in [3.05, 3.63) is 0 Å². The molecule has 0 atom stereocenters. The SMILES string of the molecule is CCCCCC1CCC(OC(=O)[C@H]2CC[C@@](C#N)(CCCC)CC2)CC1. The van der Waals surface area contributed by atoms with Gasteiger partial charge in [-0.05, 0) is 63.7 Å². The van der Waals surface area contributed by atoms with Gasteiger partial charge in [-0.15, -0.1) is 0 Å². The number of unbranched alkanes of at least 4 members (excludes halogenated alkanes) is 3. The van der Waals surface area contributed by atoms with E-state index < -0.39 is 0 Å². The zero-order chi connectivity index (χ0) is 18.8. The third kappa shape index (κ3) is 6.29. The van der Waals surface area contributed by atoms with E-state index in [0.29, 0.717) is 0 Å². The maximum atomic E-state index is 12.6. The second kappa shape index (κ2) is 11.0. The summed E-state index contributed by atoms with van der Waals surface area (Å²) < 4.78 is 5.87. The van der Waals surface area contributed by atoms with Crippen LogP contribution in [0.2, 0.25) is 0 Å². The topological polar surface area (TPSA) is 50.1 Å². The Morgan fingerprint density at radius 2 is 1.65 bits per heavy atom. The van der Waals surface area contributed by atoms with Crippen LogP contribution in [0.15, 0.2) is 0 Å². The Bertz CT molecular complexity index is 451. The average molecular weight is 362 g/mol. The first-order valence-corrected chi connectivity index (χ1v) is 11.2. The molecule has 0 N–H and O–H groups in total. The van der Waals surface area contributed by atoms with Crippen LogP contribution in [0.5, 0.6) is 0 Å². The van der Waals surface area contributed by atoms with Gasteiger partial charge in [-0.1, -0.05) is 52.4 Å². The van der Waals surface area contributed by atoms with Crippen molar-refractivity contribution in [1.82, 2.24) is 0 Å². The number of esters is 1. The summed E-state index contributed by atoms with van der Waals surface area (Å²) in [6.07, 6.45) is 16.7. The van der Waals surface area contributed by atoms with Crippen LogP contribution in [0, 0.1) is 28.6 Å². The smallest absolute Gasteiger partial charge is 0.309 e. The molecule has 0 aliphatic heterocycles. The second-order valence-electron chi connectivity index (χ2n) is 8.85. The molecular weight excluding hydrogens is 322 g/mol. The molecule has 2 aliphatic carbocycles. The summed E-state index contributed by atoms with van der Waals surface area (Å²) in [5, 5.41) is 9.59. The Kier molecular flexibility index (Phi) is 8.96. The molecule has 0 radical (unpaired) electrons. The predicted molar refractivity (Wildman–Crippen MR) is 106 cm³/mol. The van der Waals surface area contributed by atoms with Crippen molar-refractivity contribution in [3.8, 4) is 6.07 Å². The Labute approximate surface area is 160 Å². The molecule has 0 heterocycles. The second-order valence-corrected chi connectivity index (χ2v) is 8.85. The van der Waals surface area contributed by atoms with E-state index in [1.54, 1.807) is 0 Å². The third-order valence-corrected chi connectivity index (χ3v) is 6.81. The molecule has 148 valence electrons. The predicted octanol–water partition coefficient (Wildman–Crippen LogP) is 6.56. The number of carbonyl (C=O) groups excluding carboxylic acids is 1. The molecule has 0 amide bonds. The highest BCUT2D eigenvalue weighted by Crippen LogP contribution is 2.43. The van der Waals surface area contributed by atoms with Crippen LogP contribution in [0.3, 0.4) is 0 Å². The van der Waals surface area contributed by atoms with Crippen LogP contribution in [0.25, 0.3) is 0 Å². The first-order valence-electron chi connectivity index (χ1n) is 11.2. The molecule has 2 rings (SSSR count). The van der Waals surface area contributed by atoms with E-state index in [-0.39, 0.29) is 23.4 Å². The van der Waals surface area contributed by atoms with E-state index in [9.17, 15) is 10.1 Å². The van der Waals surface area contributed by atoms with Gasteiger partial charge >= 0.3 is 5.97 Å². The Hall–Kier alpha value is -1.04. The number of carbonyl (C=O) groups is 1. The number of nitriles is 1. The highest BCUT2D eigenvalue weighted by molar-refractivity contribution is 5.72. The molecule has 0 aromatic carbocycles. The zero-order valence-corrected chi connectivity index (χ0v) is 17.1. The lowest BCUT2D eigenvalue weighted by Gasteiger charge is -2.35. The van der Waals surface area contributed by atoms with Gasteiger partial charge in [0.2, 0.25) is 0 Å². The quantitative estimate of drug-likeness (QED) is 0.345. The first kappa shape index (κ1) is 21.3. The standard InChI is InChI=1S/C23H39NO2/c1-3-5-7-8-19-9-11-21(12-10-19)26-22(25)20-13-16-23(18-24,17-14-20)15-6-4-2/h19-21H,3-17H2,1-2H3/t19?,20-,21?,23-. The van der Waals surface area contributed by atoms with Gasteiger partial charge in [-0.3, -0.25) is 4.79 Å². The van der Waals surface area contributed by atoms with Crippen molar-refractivity contribution >= 4 is 5.97 Å². The molecule has 2 saturated carbocycles. The number of hydrogen-bond acceptors (Lipinski definition) is 3. The lowest BCUT2D eigenvalue weighted by atomic mass is 9.69. The molecule has 3 heteroatoms.